The van der Waals surface area contributed by atoms with Gasteiger partial charge in [0.1, 0.15) is 0 Å². The quantitative estimate of drug-likeness (QED) is 0.662. The van der Waals surface area contributed by atoms with Gasteiger partial charge in [0.25, 0.3) is 0 Å². The van der Waals surface area contributed by atoms with Gasteiger partial charge in [-0.1, -0.05) is 0 Å². The van der Waals surface area contributed by atoms with Crippen LogP contribution in [0.25, 0.3) is 0 Å². The SMILES string of the molecule is COCC(C)OCC1CNCCO1. The Hall–Kier alpha value is -0.160. The highest BCUT2D eigenvalue weighted by Gasteiger charge is 2.14. The summed E-state index contributed by atoms with van der Waals surface area (Å²) >= 11 is 0. The van der Waals surface area contributed by atoms with Crippen LogP contribution >= 0.6 is 0 Å². The maximum atomic E-state index is 5.53. The molecule has 0 spiro atoms. The van der Waals surface area contributed by atoms with Crippen LogP contribution in [-0.2, 0) is 14.2 Å². The fourth-order valence-electron chi connectivity index (χ4n) is 1.28. The summed E-state index contributed by atoms with van der Waals surface area (Å²) in [5.41, 5.74) is 0. The van der Waals surface area contributed by atoms with Gasteiger partial charge in [0.2, 0.25) is 0 Å². The Kier molecular flexibility index (Phi) is 5.31. The van der Waals surface area contributed by atoms with E-state index in [0.29, 0.717) is 13.2 Å². The van der Waals surface area contributed by atoms with Crippen LogP contribution in [-0.4, -0.2) is 52.2 Å². The second-order valence-corrected chi connectivity index (χ2v) is 3.30. The summed E-state index contributed by atoms with van der Waals surface area (Å²) in [5.74, 6) is 0. The van der Waals surface area contributed by atoms with Crippen molar-refractivity contribution in [3.63, 3.8) is 0 Å². The minimum Gasteiger partial charge on any atom is -0.382 e. The van der Waals surface area contributed by atoms with Crippen LogP contribution in [0.3, 0.4) is 0 Å². The van der Waals surface area contributed by atoms with Crippen LogP contribution < -0.4 is 5.32 Å². The van der Waals surface area contributed by atoms with Gasteiger partial charge in [0.15, 0.2) is 0 Å². The molecule has 0 aliphatic carbocycles. The van der Waals surface area contributed by atoms with E-state index in [9.17, 15) is 0 Å². The van der Waals surface area contributed by atoms with Crippen molar-refractivity contribution in [2.24, 2.45) is 0 Å². The number of rotatable bonds is 5. The summed E-state index contributed by atoms with van der Waals surface area (Å²) in [6.07, 6.45) is 0.351. The predicted octanol–water partition coefficient (Wildman–Crippen LogP) is 0.0263. The van der Waals surface area contributed by atoms with E-state index < -0.39 is 0 Å². The summed E-state index contributed by atoms with van der Waals surface area (Å²) in [6, 6.07) is 0. The Morgan fingerprint density at radius 1 is 1.62 bits per heavy atom. The molecule has 0 saturated carbocycles. The lowest BCUT2D eigenvalue weighted by molar-refractivity contribution is -0.0659. The molecule has 0 aromatic heterocycles. The average molecular weight is 189 g/mol. The molecule has 1 fully saturated rings. The third kappa shape index (κ3) is 4.57. The Morgan fingerprint density at radius 3 is 3.08 bits per heavy atom. The smallest absolute Gasteiger partial charge is 0.0933 e. The molecule has 0 amide bonds. The first-order valence-electron chi connectivity index (χ1n) is 4.75. The zero-order valence-electron chi connectivity index (χ0n) is 8.41. The summed E-state index contributed by atoms with van der Waals surface area (Å²) in [5, 5.41) is 3.25. The van der Waals surface area contributed by atoms with Gasteiger partial charge in [0, 0.05) is 20.2 Å². The standard InChI is InChI=1S/C9H19NO3/c1-8(6-11-2)13-7-9-5-10-3-4-12-9/h8-10H,3-7H2,1-2H3. The zero-order valence-corrected chi connectivity index (χ0v) is 8.41. The van der Waals surface area contributed by atoms with Crippen LogP contribution in [0.1, 0.15) is 6.92 Å². The lowest BCUT2D eigenvalue weighted by atomic mass is 10.3. The molecule has 4 nitrogen and oxygen atoms in total. The molecule has 78 valence electrons. The van der Waals surface area contributed by atoms with Crippen LogP contribution in [0.15, 0.2) is 0 Å². The fraction of sp³-hybridized carbons (Fsp3) is 1.00. The lowest BCUT2D eigenvalue weighted by Gasteiger charge is -2.24. The Morgan fingerprint density at radius 2 is 2.46 bits per heavy atom. The van der Waals surface area contributed by atoms with E-state index in [4.69, 9.17) is 14.2 Å². The molecule has 4 heteroatoms. The molecule has 1 saturated heterocycles. The van der Waals surface area contributed by atoms with Crippen molar-refractivity contribution in [3.05, 3.63) is 0 Å². The highest BCUT2D eigenvalue weighted by atomic mass is 16.6. The minimum atomic E-state index is 0.149. The van der Waals surface area contributed by atoms with Gasteiger partial charge in [-0.2, -0.15) is 0 Å². The molecule has 0 aromatic carbocycles. The summed E-state index contributed by atoms with van der Waals surface area (Å²) in [7, 11) is 1.68. The lowest BCUT2D eigenvalue weighted by Crippen LogP contribution is -2.41. The third-order valence-electron chi connectivity index (χ3n) is 1.97. The second kappa shape index (κ2) is 6.32. The first kappa shape index (κ1) is 10.9. The Balaban J connectivity index is 2.03. The van der Waals surface area contributed by atoms with E-state index in [1.807, 2.05) is 6.92 Å². The molecule has 1 aliphatic heterocycles. The van der Waals surface area contributed by atoms with Gasteiger partial charge >= 0.3 is 0 Å². The van der Waals surface area contributed by atoms with E-state index in [1.54, 1.807) is 7.11 Å². The summed E-state index contributed by atoms with van der Waals surface area (Å²) in [6.45, 7) is 5.91. The van der Waals surface area contributed by atoms with Gasteiger partial charge in [-0.05, 0) is 6.92 Å². The van der Waals surface area contributed by atoms with Gasteiger partial charge in [-0.25, -0.2) is 0 Å². The predicted molar refractivity (Wildman–Crippen MR) is 49.9 cm³/mol. The number of morpholine rings is 1. The molecule has 2 unspecified atom stereocenters. The highest BCUT2D eigenvalue weighted by Crippen LogP contribution is 1.99. The molecule has 13 heavy (non-hydrogen) atoms. The molecule has 1 rings (SSSR count). The van der Waals surface area contributed by atoms with Crippen LogP contribution in [0.4, 0.5) is 0 Å². The summed E-state index contributed by atoms with van der Waals surface area (Å²) in [4.78, 5) is 0. The van der Waals surface area contributed by atoms with Crippen LogP contribution in [0.5, 0.6) is 0 Å². The zero-order chi connectivity index (χ0) is 9.52. The van der Waals surface area contributed by atoms with Crippen LogP contribution in [0, 0.1) is 0 Å². The van der Waals surface area contributed by atoms with Gasteiger partial charge in [-0.15, -0.1) is 0 Å². The van der Waals surface area contributed by atoms with Crippen LogP contribution in [0.2, 0.25) is 0 Å². The van der Waals surface area contributed by atoms with E-state index in [2.05, 4.69) is 5.32 Å². The van der Waals surface area contributed by atoms with Crippen molar-refractivity contribution in [1.82, 2.24) is 5.32 Å². The number of ether oxygens (including phenoxy) is 3. The first-order chi connectivity index (χ1) is 6.33. The van der Waals surface area contributed by atoms with Crippen molar-refractivity contribution in [3.8, 4) is 0 Å². The summed E-state index contributed by atoms with van der Waals surface area (Å²) < 4.78 is 16.0. The number of methoxy groups -OCH3 is 1. The van der Waals surface area contributed by atoms with E-state index in [0.717, 1.165) is 19.7 Å². The molecular weight excluding hydrogens is 170 g/mol. The molecule has 0 bridgehead atoms. The van der Waals surface area contributed by atoms with Gasteiger partial charge in [0.05, 0.1) is 32.0 Å². The minimum absolute atomic E-state index is 0.149. The second-order valence-electron chi connectivity index (χ2n) is 3.30. The van der Waals surface area contributed by atoms with Crippen molar-refractivity contribution in [2.45, 2.75) is 19.1 Å². The third-order valence-corrected chi connectivity index (χ3v) is 1.97. The largest absolute Gasteiger partial charge is 0.382 e. The van der Waals surface area contributed by atoms with E-state index in [1.165, 1.54) is 0 Å². The van der Waals surface area contributed by atoms with Gasteiger partial charge < -0.3 is 19.5 Å². The maximum absolute atomic E-state index is 5.53. The van der Waals surface area contributed by atoms with Crippen molar-refractivity contribution in [2.75, 3.05) is 40.0 Å². The molecule has 0 aromatic rings. The fourth-order valence-corrected chi connectivity index (χ4v) is 1.28. The normalized spacial score (nSPS) is 25.8. The molecule has 1 aliphatic rings. The monoisotopic (exact) mass is 189 g/mol. The number of nitrogens with one attached hydrogen (secondary N) is 1. The number of hydrogen-bond acceptors (Lipinski definition) is 4. The highest BCUT2D eigenvalue weighted by molar-refractivity contribution is 4.66. The molecule has 2 atom stereocenters. The van der Waals surface area contributed by atoms with Crippen molar-refractivity contribution < 1.29 is 14.2 Å². The van der Waals surface area contributed by atoms with Crippen molar-refractivity contribution in [1.29, 1.82) is 0 Å². The van der Waals surface area contributed by atoms with Gasteiger partial charge in [-0.3, -0.25) is 0 Å². The number of hydrogen-bond donors (Lipinski definition) is 1. The van der Waals surface area contributed by atoms with Crippen molar-refractivity contribution >= 4 is 0 Å². The maximum Gasteiger partial charge on any atom is 0.0933 e. The molecule has 1 heterocycles. The van der Waals surface area contributed by atoms with E-state index in [-0.39, 0.29) is 12.2 Å². The Labute approximate surface area is 79.5 Å². The van der Waals surface area contributed by atoms with E-state index >= 15 is 0 Å². The molecule has 0 radical (unpaired) electrons. The Bertz CT molecular complexity index is 126. The first-order valence-corrected chi connectivity index (χ1v) is 4.75. The average Bonchev–Trinajstić information content (AvgIpc) is 2.17. The molecular formula is C9H19NO3. The molecule has 1 N–H and O–H groups in total. The topological polar surface area (TPSA) is 39.7 Å².